The van der Waals surface area contributed by atoms with Crippen LogP contribution in [0.25, 0.3) is 0 Å². The molecule has 4 aliphatic rings. The van der Waals surface area contributed by atoms with E-state index in [-0.39, 0.29) is 18.7 Å². The van der Waals surface area contributed by atoms with Crippen LogP contribution in [0.1, 0.15) is 19.3 Å². The Morgan fingerprint density at radius 3 is 2.38 bits per heavy atom. The molecule has 1 heterocycles. The van der Waals surface area contributed by atoms with Crippen LogP contribution in [0.4, 0.5) is 0 Å². The minimum atomic E-state index is -0.197. The van der Waals surface area contributed by atoms with E-state index < -0.39 is 0 Å². The third kappa shape index (κ3) is 1.37. The first-order valence-corrected chi connectivity index (χ1v) is 6.15. The molecule has 4 fully saturated rings. The minimum Gasteiger partial charge on any atom is -0.393 e. The quantitative estimate of drug-likeness (QED) is 0.765. The highest BCUT2D eigenvalue weighted by Crippen LogP contribution is 2.55. The second-order valence-corrected chi connectivity index (χ2v) is 5.30. The fraction of sp³-hybridized carbons (Fsp3) is 1.00. The molecule has 0 aromatic carbocycles. The molecule has 0 aromatic rings. The predicted octanol–water partition coefficient (Wildman–Crippen LogP) is 0.985. The summed E-state index contributed by atoms with van der Waals surface area (Å²) in [5.74, 6) is 1.60. The molecule has 16 heavy (non-hydrogen) atoms. The van der Waals surface area contributed by atoms with Crippen LogP contribution in [0, 0.1) is 23.7 Å². The van der Waals surface area contributed by atoms with Crippen molar-refractivity contribution in [1.29, 1.82) is 0 Å². The van der Waals surface area contributed by atoms with E-state index in [9.17, 15) is 5.11 Å². The molecule has 4 heteroatoms. The van der Waals surface area contributed by atoms with E-state index >= 15 is 0 Å². The molecule has 2 bridgehead atoms. The van der Waals surface area contributed by atoms with Crippen molar-refractivity contribution in [2.75, 3.05) is 14.2 Å². The molecule has 0 spiro atoms. The van der Waals surface area contributed by atoms with Crippen molar-refractivity contribution in [1.82, 2.24) is 0 Å². The molecule has 0 radical (unpaired) electrons. The van der Waals surface area contributed by atoms with Crippen molar-refractivity contribution >= 4 is 0 Å². The van der Waals surface area contributed by atoms with Gasteiger partial charge >= 0.3 is 0 Å². The van der Waals surface area contributed by atoms with Gasteiger partial charge in [0, 0.05) is 26.1 Å². The summed E-state index contributed by atoms with van der Waals surface area (Å²) in [7, 11) is 3.37. The average Bonchev–Trinajstić information content (AvgIpc) is 2.69. The Morgan fingerprint density at radius 1 is 1.06 bits per heavy atom. The highest BCUT2D eigenvalue weighted by molar-refractivity contribution is 5.02. The van der Waals surface area contributed by atoms with Gasteiger partial charge in [0.1, 0.15) is 0 Å². The molecule has 0 unspecified atom stereocenters. The lowest BCUT2D eigenvalue weighted by atomic mass is 9.58. The van der Waals surface area contributed by atoms with E-state index in [1.54, 1.807) is 14.2 Å². The zero-order valence-corrected chi connectivity index (χ0v) is 9.83. The molecule has 4 nitrogen and oxygen atoms in total. The van der Waals surface area contributed by atoms with E-state index in [4.69, 9.17) is 14.2 Å². The zero-order valence-electron chi connectivity index (χ0n) is 9.83. The number of rotatable bonds is 2. The SMILES string of the molecule is CO[C@H]1O[C@@H](OC)[C@H]2[C@@H]3CC[C@H](C[C@@H]3O)[C@H]12. The number of hydrogen-bond donors (Lipinski definition) is 1. The van der Waals surface area contributed by atoms with Crippen molar-refractivity contribution in [3.63, 3.8) is 0 Å². The normalized spacial score (nSPS) is 55.3. The third-order valence-electron chi connectivity index (χ3n) is 4.75. The van der Waals surface area contributed by atoms with Crippen molar-refractivity contribution in [3.05, 3.63) is 0 Å². The smallest absolute Gasteiger partial charge is 0.163 e. The second-order valence-electron chi connectivity index (χ2n) is 5.30. The summed E-state index contributed by atoms with van der Waals surface area (Å²) in [5, 5.41) is 10.1. The number of aliphatic hydroxyl groups excluding tert-OH is 1. The van der Waals surface area contributed by atoms with Gasteiger partial charge in [-0.3, -0.25) is 0 Å². The van der Waals surface area contributed by atoms with Gasteiger partial charge in [0.25, 0.3) is 0 Å². The zero-order chi connectivity index (χ0) is 11.3. The van der Waals surface area contributed by atoms with Crippen LogP contribution in [-0.4, -0.2) is 38.0 Å². The number of aliphatic hydroxyl groups is 1. The maximum absolute atomic E-state index is 10.1. The molecule has 92 valence electrons. The van der Waals surface area contributed by atoms with Gasteiger partial charge in [-0.15, -0.1) is 0 Å². The maximum atomic E-state index is 10.1. The monoisotopic (exact) mass is 228 g/mol. The summed E-state index contributed by atoms with van der Waals surface area (Å²) in [4.78, 5) is 0. The molecule has 3 aliphatic carbocycles. The summed E-state index contributed by atoms with van der Waals surface area (Å²) in [6, 6.07) is 0. The first-order chi connectivity index (χ1) is 7.76. The lowest BCUT2D eigenvalue weighted by molar-refractivity contribution is -0.199. The molecule has 1 saturated heterocycles. The number of ether oxygens (including phenoxy) is 3. The van der Waals surface area contributed by atoms with E-state index in [0.29, 0.717) is 23.7 Å². The Balaban J connectivity index is 1.89. The van der Waals surface area contributed by atoms with Crippen LogP contribution < -0.4 is 0 Å². The first-order valence-electron chi connectivity index (χ1n) is 6.15. The van der Waals surface area contributed by atoms with Gasteiger partial charge < -0.3 is 19.3 Å². The van der Waals surface area contributed by atoms with Crippen LogP contribution in [0.15, 0.2) is 0 Å². The summed E-state index contributed by atoms with van der Waals surface area (Å²) in [6.07, 6.45) is 2.70. The fourth-order valence-corrected chi connectivity index (χ4v) is 4.13. The van der Waals surface area contributed by atoms with Crippen molar-refractivity contribution < 1.29 is 19.3 Å². The second kappa shape index (κ2) is 3.95. The van der Waals surface area contributed by atoms with Gasteiger partial charge in [0.2, 0.25) is 0 Å². The summed E-state index contributed by atoms with van der Waals surface area (Å²) in [6.45, 7) is 0. The Morgan fingerprint density at radius 2 is 1.75 bits per heavy atom. The van der Waals surface area contributed by atoms with E-state index in [2.05, 4.69) is 0 Å². The van der Waals surface area contributed by atoms with Crippen LogP contribution in [0.2, 0.25) is 0 Å². The standard InChI is InChI=1S/C12H20O4/c1-14-11-9-6-3-4-7(8(13)5-6)10(9)12(15-2)16-11/h6-13H,3-5H2,1-2H3/t6-,7-,8+,9+,10+,11+,12-/m1/s1. The third-order valence-corrected chi connectivity index (χ3v) is 4.75. The highest BCUT2D eigenvalue weighted by Gasteiger charge is 2.58. The largest absolute Gasteiger partial charge is 0.393 e. The Labute approximate surface area is 95.9 Å². The minimum absolute atomic E-state index is 0.143. The topological polar surface area (TPSA) is 47.9 Å². The summed E-state index contributed by atoms with van der Waals surface area (Å²) < 4.78 is 16.6. The lowest BCUT2D eigenvalue weighted by Crippen LogP contribution is -2.50. The van der Waals surface area contributed by atoms with Crippen molar-refractivity contribution in [2.45, 2.75) is 37.9 Å². The molecule has 1 aliphatic heterocycles. The molecule has 3 saturated carbocycles. The number of hydrogen-bond acceptors (Lipinski definition) is 4. The lowest BCUT2D eigenvalue weighted by Gasteiger charge is -2.49. The van der Waals surface area contributed by atoms with Gasteiger partial charge in [0.15, 0.2) is 12.6 Å². The molecule has 4 rings (SSSR count). The van der Waals surface area contributed by atoms with E-state index in [1.165, 1.54) is 6.42 Å². The van der Waals surface area contributed by atoms with Crippen LogP contribution in [-0.2, 0) is 14.2 Å². The number of methoxy groups -OCH3 is 2. The molecule has 0 amide bonds. The predicted molar refractivity (Wildman–Crippen MR) is 56.5 cm³/mol. The fourth-order valence-electron chi connectivity index (χ4n) is 4.13. The Hall–Kier alpha value is -0.160. The summed E-state index contributed by atoms with van der Waals surface area (Å²) in [5.41, 5.74) is 0. The van der Waals surface area contributed by atoms with Gasteiger partial charge in [-0.2, -0.15) is 0 Å². The molecule has 0 aromatic heterocycles. The summed E-state index contributed by atoms with van der Waals surface area (Å²) >= 11 is 0. The van der Waals surface area contributed by atoms with Gasteiger partial charge in [-0.05, 0) is 31.1 Å². The molecular weight excluding hydrogens is 208 g/mol. The van der Waals surface area contributed by atoms with Gasteiger partial charge in [0.05, 0.1) is 6.10 Å². The highest BCUT2D eigenvalue weighted by atomic mass is 16.8. The average molecular weight is 228 g/mol. The number of fused-ring (bicyclic) bond motifs is 2. The molecule has 7 atom stereocenters. The Bertz CT molecular complexity index is 270. The van der Waals surface area contributed by atoms with Gasteiger partial charge in [-0.25, -0.2) is 0 Å². The van der Waals surface area contributed by atoms with Crippen molar-refractivity contribution in [2.24, 2.45) is 23.7 Å². The molecule has 1 N–H and O–H groups in total. The van der Waals surface area contributed by atoms with Crippen LogP contribution >= 0.6 is 0 Å². The Kier molecular flexibility index (Phi) is 2.70. The molecular formula is C12H20O4. The van der Waals surface area contributed by atoms with Crippen LogP contribution in [0.3, 0.4) is 0 Å². The van der Waals surface area contributed by atoms with Crippen molar-refractivity contribution in [3.8, 4) is 0 Å². The first kappa shape index (κ1) is 11.0. The van der Waals surface area contributed by atoms with Crippen LogP contribution in [0.5, 0.6) is 0 Å². The van der Waals surface area contributed by atoms with Gasteiger partial charge in [-0.1, -0.05) is 0 Å². The maximum Gasteiger partial charge on any atom is 0.163 e. The van der Waals surface area contributed by atoms with E-state index in [1.807, 2.05) is 0 Å². The van der Waals surface area contributed by atoms with E-state index in [0.717, 1.165) is 12.8 Å².